The Morgan fingerprint density at radius 2 is 2.10 bits per heavy atom. The van der Waals surface area contributed by atoms with Crippen molar-refractivity contribution in [2.45, 2.75) is 12.8 Å². The standard InChI is InChI=1S/C22H21ClN4O3S/c1-30-18-7-3-2-6-16(18)21-25-17(13-31-21)22(29)27-10-4-5-14(12-27)20(28)26-19-9-8-15(23)11-24-19/h2-3,6-9,11,13-14H,4-5,10,12H2,1H3,(H,24,26,28). The van der Waals surface area contributed by atoms with Crippen LogP contribution in [0.1, 0.15) is 23.3 Å². The SMILES string of the molecule is COc1ccccc1-c1nc(C(=O)N2CCCC(C(=O)Nc3ccc(Cl)cn3)C2)cs1. The van der Waals surface area contributed by atoms with Crippen molar-refractivity contribution in [3.8, 4) is 16.3 Å². The Morgan fingerprint density at radius 1 is 1.26 bits per heavy atom. The summed E-state index contributed by atoms with van der Waals surface area (Å²) in [7, 11) is 1.61. The number of benzene rings is 1. The number of thiazole rings is 1. The van der Waals surface area contributed by atoms with Crippen molar-refractivity contribution in [2.75, 3.05) is 25.5 Å². The Balaban J connectivity index is 1.44. The number of hydrogen-bond donors (Lipinski definition) is 1. The molecule has 2 aromatic heterocycles. The van der Waals surface area contributed by atoms with Crippen LogP contribution in [-0.2, 0) is 4.79 Å². The molecule has 1 fully saturated rings. The number of hydrogen-bond acceptors (Lipinski definition) is 6. The van der Waals surface area contributed by atoms with E-state index in [2.05, 4.69) is 15.3 Å². The van der Waals surface area contributed by atoms with Crippen molar-refractivity contribution >= 4 is 40.6 Å². The smallest absolute Gasteiger partial charge is 0.273 e. The quantitative estimate of drug-likeness (QED) is 0.616. The molecule has 0 bridgehead atoms. The van der Waals surface area contributed by atoms with E-state index in [1.165, 1.54) is 17.5 Å². The molecular weight excluding hydrogens is 436 g/mol. The summed E-state index contributed by atoms with van der Waals surface area (Å²) in [5, 5.41) is 5.78. The van der Waals surface area contributed by atoms with Gasteiger partial charge in [0, 0.05) is 24.7 Å². The molecule has 3 heterocycles. The molecule has 0 aliphatic carbocycles. The summed E-state index contributed by atoms with van der Waals surface area (Å²) >= 11 is 7.23. The number of methoxy groups -OCH3 is 1. The number of pyridine rings is 1. The number of nitrogens with zero attached hydrogens (tertiary/aromatic N) is 3. The highest BCUT2D eigenvalue weighted by Crippen LogP contribution is 2.32. The van der Waals surface area contributed by atoms with Crippen LogP contribution in [-0.4, -0.2) is 46.9 Å². The average molecular weight is 457 g/mol. The maximum Gasteiger partial charge on any atom is 0.273 e. The van der Waals surface area contributed by atoms with Crippen LogP contribution in [0.15, 0.2) is 48.0 Å². The number of nitrogens with one attached hydrogen (secondary N) is 1. The van der Waals surface area contributed by atoms with Gasteiger partial charge in [0.15, 0.2) is 0 Å². The number of para-hydroxylation sites is 1. The lowest BCUT2D eigenvalue weighted by atomic mass is 9.97. The molecule has 1 saturated heterocycles. The van der Waals surface area contributed by atoms with Crippen molar-refractivity contribution in [2.24, 2.45) is 5.92 Å². The second kappa shape index (κ2) is 9.45. The molecule has 1 N–H and O–H groups in total. The number of amides is 2. The lowest BCUT2D eigenvalue weighted by molar-refractivity contribution is -0.121. The molecule has 1 atom stereocenters. The first kappa shape index (κ1) is 21.3. The van der Waals surface area contributed by atoms with Gasteiger partial charge in [-0.15, -0.1) is 11.3 Å². The summed E-state index contributed by atoms with van der Waals surface area (Å²) in [5.41, 5.74) is 1.23. The van der Waals surface area contributed by atoms with Gasteiger partial charge in [0.05, 0.1) is 23.6 Å². The van der Waals surface area contributed by atoms with E-state index in [0.717, 1.165) is 17.0 Å². The fourth-order valence-corrected chi connectivity index (χ4v) is 4.47. The van der Waals surface area contributed by atoms with Crippen LogP contribution in [0.25, 0.3) is 10.6 Å². The molecule has 0 saturated carbocycles. The lowest BCUT2D eigenvalue weighted by Crippen LogP contribution is -2.44. The number of carbonyl (C=O) groups excluding carboxylic acids is 2. The first-order valence-electron chi connectivity index (χ1n) is 9.86. The third-order valence-corrected chi connectivity index (χ3v) is 6.22. The van der Waals surface area contributed by atoms with Gasteiger partial charge in [-0.1, -0.05) is 23.7 Å². The number of halogens is 1. The third-order valence-electron chi connectivity index (χ3n) is 5.12. The molecule has 1 aromatic carbocycles. The molecule has 7 nitrogen and oxygen atoms in total. The molecule has 0 radical (unpaired) electrons. The summed E-state index contributed by atoms with van der Waals surface area (Å²) in [6.07, 6.45) is 2.95. The summed E-state index contributed by atoms with van der Waals surface area (Å²) in [6.45, 7) is 0.948. The normalized spacial score (nSPS) is 16.1. The van der Waals surface area contributed by atoms with Crippen molar-refractivity contribution < 1.29 is 14.3 Å². The summed E-state index contributed by atoms with van der Waals surface area (Å²) in [6, 6.07) is 10.9. The molecule has 1 aliphatic heterocycles. The third kappa shape index (κ3) is 4.86. The second-order valence-electron chi connectivity index (χ2n) is 7.18. The minimum Gasteiger partial charge on any atom is -0.496 e. The molecule has 1 aliphatic rings. The van der Waals surface area contributed by atoms with Crippen molar-refractivity contribution in [3.63, 3.8) is 0 Å². The first-order chi connectivity index (χ1) is 15.0. The van der Waals surface area contributed by atoms with Crippen LogP contribution in [0.3, 0.4) is 0 Å². The summed E-state index contributed by atoms with van der Waals surface area (Å²) in [4.78, 5) is 36.0. The zero-order valence-corrected chi connectivity index (χ0v) is 18.4. The van der Waals surface area contributed by atoms with Gasteiger partial charge in [0.2, 0.25) is 5.91 Å². The second-order valence-corrected chi connectivity index (χ2v) is 8.47. The summed E-state index contributed by atoms with van der Waals surface area (Å²) in [5.74, 6) is 0.530. The Morgan fingerprint density at radius 3 is 2.87 bits per heavy atom. The van der Waals surface area contributed by atoms with Gasteiger partial charge in [-0.2, -0.15) is 0 Å². The Labute approximate surface area is 189 Å². The molecule has 1 unspecified atom stereocenters. The highest BCUT2D eigenvalue weighted by molar-refractivity contribution is 7.13. The van der Waals surface area contributed by atoms with Gasteiger partial charge in [0.1, 0.15) is 22.3 Å². The van der Waals surface area contributed by atoms with E-state index in [4.69, 9.17) is 16.3 Å². The van der Waals surface area contributed by atoms with Crippen LogP contribution in [0.4, 0.5) is 5.82 Å². The van der Waals surface area contributed by atoms with E-state index < -0.39 is 0 Å². The molecule has 3 aromatic rings. The lowest BCUT2D eigenvalue weighted by Gasteiger charge is -2.31. The van der Waals surface area contributed by atoms with E-state index in [1.807, 2.05) is 24.3 Å². The summed E-state index contributed by atoms with van der Waals surface area (Å²) < 4.78 is 5.40. The molecular formula is C22H21ClN4O3S. The minimum atomic E-state index is -0.303. The van der Waals surface area contributed by atoms with Gasteiger partial charge in [0.25, 0.3) is 5.91 Å². The van der Waals surface area contributed by atoms with Crippen molar-refractivity contribution in [1.82, 2.24) is 14.9 Å². The van der Waals surface area contributed by atoms with Crippen LogP contribution in [0.2, 0.25) is 5.02 Å². The number of anilines is 1. The van der Waals surface area contributed by atoms with E-state index in [0.29, 0.717) is 41.8 Å². The Hall–Kier alpha value is -2.97. The highest BCUT2D eigenvalue weighted by Gasteiger charge is 2.30. The maximum atomic E-state index is 13.0. The fourth-order valence-electron chi connectivity index (χ4n) is 3.53. The van der Waals surface area contributed by atoms with E-state index >= 15 is 0 Å². The number of aromatic nitrogens is 2. The largest absolute Gasteiger partial charge is 0.496 e. The van der Waals surface area contributed by atoms with E-state index in [-0.39, 0.29) is 17.7 Å². The van der Waals surface area contributed by atoms with E-state index in [1.54, 1.807) is 29.5 Å². The number of ether oxygens (including phenoxy) is 1. The number of rotatable bonds is 5. The van der Waals surface area contributed by atoms with Gasteiger partial charge < -0.3 is 15.0 Å². The minimum absolute atomic E-state index is 0.152. The van der Waals surface area contributed by atoms with E-state index in [9.17, 15) is 9.59 Å². The van der Waals surface area contributed by atoms with Crippen LogP contribution < -0.4 is 10.1 Å². The molecule has 160 valence electrons. The Bertz CT molecular complexity index is 1090. The van der Waals surface area contributed by atoms with Gasteiger partial charge >= 0.3 is 0 Å². The molecule has 31 heavy (non-hydrogen) atoms. The van der Waals surface area contributed by atoms with Crippen LogP contribution in [0, 0.1) is 5.92 Å². The number of likely N-dealkylation sites (tertiary alicyclic amines) is 1. The number of piperidine rings is 1. The zero-order chi connectivity index (χ0) is 21.8. The van der Waals surface area contributed by atoms with Crippen molar-refractivity contribution in [3.05, 3.63) is 58.7 Å². The maximum absolute atomic E-state index is 13.0. The van der Waals surface area contributed by atoms with Crippen LogP contribution >= 0.6 is 22.9 Å². The van der Waals surface area contributed by atoms with Gasteiger partial charge in [-0.25, -0.2) is 9.97 Å². The molecule has 9 heteroatoms. The first-order valence-corrected chi connectivity index (χ1v) is 11.1. The highest BCUT2D eigenvalue weighted by atomic mass is 35.5. The molecule has 0 spiro atoms. The Kier molecular flexibility index (Phi) is 6.48. The average Bonchev–Trinajstić information content (AvgIpc) is 3.30. The predicted molar refractivity (Wildman–Crippen MR) is 121 cm³/mol. The molecule has 4 rings (SSSR count). The topological polar surface area (TPSA) is 84.4 Å². The van der Waals surface area contributed by atoms with Crippen LogP contribution in [0.5, 0.6) is 5.75 Å². The van der Waals surface area contributed by atoms with Crippen molar-refractivity contribution in [1.29, 1.82) is 0 Å². The van der Waals surface area contributed by atoms with Gasteiger partial charge in [-0.05, 0) is 37.1 Å². The predicted octanol–water partition coefficient (Wildman–Crippen LogP) is 4.36. The van der Waals surface area contributed by atoms with Gasteiger partial charge in [-0.3, -0.25) is 9.59 Å². The zero-order valence-electron chi connectivity index (χ0n) is 16.9. The molecule has 2 amide bonds. The fraction of sp³-hybridized carbons (Fsp3) is 0.273. The monoisotopic (exact) mass is 456 g/mol. The number of carbonyl (C=O) groups is 2.